The molecular formula is C27H46O2S. The minimum Gasteiger partial charge on any atom is -0.392 e. The molecule has 1 aromatic rings. The van der Waals surface area contributed by atoms with Gasteiger partial charge in [-0.15, -0.1) is 0 Å². The summed E-state index contributed by atoms with van der Waals surface area (Å²) in [6.45, 7) is 6.19. The summed E-state index contributed by atoms with van der Waals surface area (Å²) in [4.78, 5) is 0.816. The number of rotatable bonds is 18. The van der Waals surface area contributed by atoms with E-state index in [9.17, 15) is 9.32 Å². The molecule has 30 heavy (non-hydrogen) atoms. The van der Waals surface area contributed by atoms with E-state index in [0.29, 0.717) is 0 Å². The Balaban J connectivity index is 1.99. The van der Waals surface area contributed by atoms with Crippen molar-refractivity contribution >= 4 is 10.8 Å². The third-order valence-corrected chi connectivity index (χ3v) is 7.62. The van der Waals surface area contributed by atoms with E-state index in [1.54, 1.807) is 0 Å². The van der Waals surface area contributed by atoms with Gasteiger partial charge < -0.3 is 5.11 Å². The summed E-state index contributed by atoms with van der Waals surface area (Å²) in [6.07, 6.45) is 21.6. The topological polar surface area (TPSA) is 37.3 Å². The third kappa shape index (κ3) is 12.7. The average molecular weight is 435 g/mol. The zero-order valence-corrected chi connectivity index (χ0v) is 20.6. The normalized spacial score (nSPS) is 14.8. The molecule has 1 rings (SSSR count). The van der Waals surface area contributed by atoms with Crippen molar-refractivity contribution in [3.05, 3.63) is 42.0 Å². The molecule has 3 heteroatoms. The molecule has 0 fully saturated rings. The highest BCUT2D eigenvalue weighted by Crippen LogP contribution is 2.18. The molecule has 0 aromatic heterocycles. The van der Waals surface area contributed by atoms with E-state index in [-0.39, 0.29) is 5.25 Å². The predicted octanol–water partition coefficient (Wildman–Crippen LogP) is 7.89. The smallest absolute Gasteiger partial charge is 0.0684 e. The fourth-order valence-electron chi connectivity index (χ4n) is 3.69. The molecule has 2 nitrogen and oxygen atoms in total. The Morgan fingerprint density at radius 1 is 0.833 bits per heavy atom. The molecule has 0 aliphatic rings. The van der Waals surface area contributed by atoms with E-state index in [2.05, 4.69) is 19.1 Å². The van der Waals surface area contributed by atoms with Gasteiger partial charge in [0.15, 0.2) is 0 Å². The first-order valence-electron chi connectivity index (χ1n) is 12.4. The Kier molecular flexibility index (Phi) is 16.0. The van der Waals surface area contributed by atoms with Crippen molar-refractivity contribution < 1.29 is 9.32 Å². The SMILES string of the molecule is CCCCCCCC/C=C\CCCCCCC[C@@H](O)[C@@H](C)S(=O)c1ccc(C)cc1. The summed E-state index contributed by atoms with van der Waals surface area (Å²) in [5, 5.41) is 10.2. The molecule has 0 heterocycles. The summed E-state index contributed by atoms with van der Waals surface area (Å²) in [6, 6.07) is 7.79. The molecule has 0 aliphatic carbocycles. The summed E-state index contributed by atoms with van der Waals surface area (Å²) < 4.78 is 12.6. The van der Waals surface area contributed by atoms with Crippen LogP contribution in [0.25, 0.3) is 0 Å². The second kappa shape index (κ2) is 17.7. The van der Waals surface area contributed by atoms with Crippen LogP contribution in [-0.2, 0) is 10.8 Å². The monoisotopic (exact) mass is 434 g/mol. The molecule has 3 atom stereocenters. The van der Waals surface area contributed by atoms with Gasteiger partial charge in [0.05, 0.1) is 22.2 Å². The zero-order chi connectivity index (χ0) is 22.0. The van der Waals surface area contributed by atoms with E-state index in [4.69, 9.17) is 0 Å². The second-order valence-electron chi connectivity index (χ2n) is 8.76. The molecule has 0 radical (unpaired) electrons. The number of aliphatic hydroxyl groups is 1. The lowest BCUT2D eigenvalue weighted by molar-refractivity contribution is 0.160. The van der Waals surface area contributed by atoms with E-state index in [1.165, 1.54) is 70.6 Å². The van der Waals surface area contributed by atoms with Crippen LogP contribution in [0.15, 0.2) is 41.3 Å². The van der Waals surface area contributed by atoms with Crippen LogP contribution in [0, 0.1) is 6.92 Å². The number of hydrogen-bond donors (Lipinski definition) is 1. The van der Waals surface area contributed by atoms with Gasteiger partial charge in [0.2, 0.25) is 0 Å². The van der Waals surface area contributed by atoms with Gasteiger partial charge in [-0.25, -0.2) is 0 Å². The van der Waals surface area contributed by atoms with E-state index >= 15 is 0 Å². The highest BCUT2D eigenvalue weighted by Gasteiger charge is 2.21. The molecular weight excluding hydrogens is 388 g/mol. The standard InChI is InChI=1S/C27H46O2S/c1-4-5-6-7-8-9-10-11-12-13-14-15-16-17-18-19-27(28)25(3)30(29)26-22-20-24(2)21-23-26/h11-12,20-23,25,27-28H,4-10,13-19H2,1-3H3/b12-11-/t25-,27-,30?/m1/s1. The number of hydrogen-bond acceptors (Lipinski definition) is 2. The van der Waals surface area contributed by atoms with Crippen molar-refractivity contribution in [1.29, 1.82) is 0 Å². The van der Waals surface area contributed by atoms with E-state index in [0.717, 1.165) is 29.7 Å². The first-order chi connectivity index (χ1) is 14.6. The number of aliphatic hydroxyl groups excluding tert-OH is 1. The quantitative estimate of drug-likeness (QED) is 0.188. The number of unbranched alkanes of at least 4 members (excludes halogenated alkanes) is 11. The van der Waals surface area contributed by atoms with Gasteiger partial charge in [-0.2, -0.15) is 0 Å². The number of benzene rings is 1. The van der Waals surface area contributed by atoms with Crippen LogP contribution in [-0.4, -0.2) is 20.7 Å². The highest BCUT2D eigenvalue weighted by molar-refractivity contribution is 7.85. The molecule has 0 amide bonds. The minimum absolute atomic E-state index is 0.218. The van der Waals surface area contributed by atoms with Crippen LogP contribution in [0.5, 0.6) is 0 Å². The van der Waals surface area contributed by atoms with Gasteiger partial charge in [-0.1, -0.05) is 94.6 Å². The molecule has 0 aliphatic heterocycles. The Hall–Kier alpha value is -0.930. The Morgan fingerprint density at radius 2 is 1.33 bits per heavy atom. The zero-order valence-electron chi connectivity index (χ0n) is 19.8. The van der Waals surface area contributed by atoms with Crippen molar-refractivity contribution in [2.24, 2.45) is 0 Å². The first kappa shape index (κ1) is 27.1. The number of aryl methyl sites for hydroxylation is 1. The van der Waals surface area contributed by atoms with Crippen LogP contribution in [0.1, 0.15) is 109 Å². The largest absolute Gasteiger partial charge is 0.392 e. The van der Waals surface area contributed by atoms with Gasteiger partial charge in [0, 0.05) is 4.90 Å². The Morgan fingerprint density at radius 3 is 1.90 bits per heavy atom. The Bertz CT molecular complexity index is 579. The third-order valence-electron chi connectivity index (χ3n) is 5.89. The maximum Gasteiger partial charge on any atom is 0.0684 e. The highest BCUT2D eigenvalue weighted by atomic mass is 32.2. The Labute approximate surface area is 189 Å². The molecule has 0 saturated heterocycles. The van der Waals surface area contributed by atoms with Crippen molar-refractivity contribution in [1.82, 2.24) is 0 Å². The lowest BCUT2D eigenvalue weighted by Crippen LogP contribution is -2.27. The summed E-state index contributed by atoms with van der Waals surface area (Å²) in [7, 11) is -1.14. The fraction of sp³-hybridized carbons (Fsp3) is 0.704. The minimum atomic E-state index is -1.14. The fourth-order valence-corrected chi connectivity index (χ4v) is 4.94. The summed E-state index contributed by atoms with van der Waals surface area (Å²) >= 11 is 0. The summed E-state index contributed by atoms with van der Waals surface area (Å²) in [5.41, 5.74) is 1.16. The van der Waals surface area contributed by atoms with Crippen molar-refractivity contribution in [3.63, 3.8) is 0 Å². The molecule has 172 valence electrons. The van der Waals surface area contributed by atoms with Gasteiger partial charge in [0.1, 0.15) is 0 Å². The maximum absolute atomic E-state index is 12.6. The first-order valence-corrected chi connectivity index (χ1v) is 13.6. The van der Waals surface area contributed by atoms with E-state index < -0.39 is 16.9 Å². The van der Waals surface area contributed by atoms with Crippen LogP contribution in [0.2, 0.25) is 0 Å². The van der Waals surface area contributed by atoms with Crippen LogP contribution < -0.4 is 0 Å². The maximum atomic E-state index is 12.6. The van der Waals surface area contributed by atoms with Gasteiger partial charge in [-0.3, -0.25) is 4.21 Å². The van der Waals surface area contributed by atoms with Crippen LogP contribution in [0.4, 0.5) is 0 Å². The molecule has 0 spiro atoms. The molecule has 1 N–H and O–H groups in total. The van der Waals surface area contributed by atoms with Gasteiger partial charge in [-0.05, 0) is 58.1 Å². The summed E-state index contributed by atoms with van der Waals surface area (Å²) in [5.74, 6) is 0. The van der Waals surface area contributed by atoms with Gasteiger partial charge >= 0.3 is 0 Å². The molecule has 1 unspecified atom stereocenters. The number of allylic oxidation sites excluding steroid dienone is 2. The van der Waals surface area contributed by atoms with Crippen LogP contribution in [0.3, 0.4) is 0 Å². The van der Waals surface area contributed by atoms with E-state index in [1.807, 2.05) is 38.1 Å². The second-order valence-corrected chi connectivity index (χ2v) is 10.6. The average Bonchev–Trinajstić information content (AvgIpc) is 2.75. The molecule has 0 bridgehead atoms. The van der Waals surface area contributed by atoms with Gasteiger partial charge in [0.25, 0.3) is 0 Å². The van der Waals surface area contributed by atoms with Crippen molar-refractivity contribution in [3.8, 4) is 0 Å². The van der Waals surface area contributed by atoms with Crippen LogP contribution >= 0.6 is 0 Å². The van der Waals surface area contributed by atoms with Crippen molar-refractivity contribution in [2.45, 2.75) is 127 Å². The lowest BCUT2D eigenvalue weighted by atomic mass is 10.1. The molecule has 0 saturated carbocycles. The van der Waals surface area contributed by atoms with Crippen molar-refractivity contribution in [2.75, 3.05) is 0 Å². The lowest BCUT2D eigenvalue weighted by Gasteiger charge is -2.18. The molecule has 1 aromatic carbocycles. The predicted molar refractivity (Wildman–Crippen MR) is 133 cm³/mol.